The van der Waals surface area contributed by atoms with Crippen molar-refractivity contribution in [2.45, 2.75) is 20.0 Å². The number of anilines is 1. The van der Waals surface area contributed by atoms with Crippen LogP contribution in [0.5, 0.6) is 0 Å². The number of rotatable bonds is 4. The average molecular weight is 399 g/mol. The normalized spacial score (nSPS) is 10.7. The number of benzene rings is 1. The molecule has 2 aromatic rings. The molecule has 0 aliphatic rings. The fraction of sp³-hybridized carbons (Fsp3) is 0.333. The third kappa shape index (κ3) is 3.20. The SMILES string of the molecule is CCn1cc(N(C)Cc2ccccc2I)c(=O)n(C)c1=O. The summed E-state index contributed by atoms with van der Waals surface area (Å²) in [7, 11) is 3.38. The number of aromatic nitrogens is 2. The molecular weight excluding hydrogens is 381 g/mol. The van der Waals surface area contributed by atoms with Gasteiger partial charge in [-0.3, -0.25) is 13.9 Å². The molecule has 0 spiro atoms. The molecule has 1 aromatic carbocycles. The van der Waals surface area contributed by atoms with Crippen molar-refractivity contribution in [2.75, 3.05) is 11.9 Å². The molecule has 112 valence electrons. The third-order valence-electron chi connectivity index (χ3n) is 3.45. The predicted molar refractivity (Wildman–Crippen MR) is 92.9 cm³/mol. The highest BCUT2D eigenvalue weighted by atomic mass is 127. The van der Waals surface area contributed by atoms with Crippen LogP contribution in [0.25, 0.3) is 0 Å². The Hall–Kier alpha value is -1.57. The Morgan fingerprint density at radius 1 is 1.24 bits per heavy atom. The molecule has 0 aliphatic heterocycles. The van der Waals surface area contributed by atoms with Crippen molar-refractivity contribution in [3.05, 3.63) is 60.4 Å². The molecule has 1 heterocycles. The highest BCUT2D eigenvalue weighted by molar-refractivity contribution is 14.1. The maximum atomic E-state index is 12.3. The van der Waals surface area contributed by atoms with Gasteiger partial charge < -0.3 is 4.90 Å². The zero-order valence-corrected chi connectivity index (χ0v) is 14.5. The van der Waals surface area contributed by atoms with E-state index in [1.54, 1.807) is 10.8 Å². The highest BCUT2D eigenvalue weighted by Crippen LogP contribution is 2.15. The monoisotopic (exact) mass is 399 g/mol. The van der Waals surface area contributed by atoms with E-state index in [1.807, 2.05) is 43.1 Å². The average Bonchev–Trinajstić information content (AvgIpc) is 2.47. The molecule has 0 aliphatic carbocycles. The van der Waals surface area contributed by atoms with Crippen molar-refractivity contribution in [2.24, 2.45) is 7.05 Å². The van der Waals surface area contributed by atoms with Crippen molar-refractivity contribution in [3.63, 3.8) is 0 Å². The fourth-order valence-corrected chi connectivity index (χ4v) is 2.72. The summed E-state index contributed by atoms with van der Waals surface area (Å²) in [6.45, 7) is 3.04. The Balaban J connectivity index is 2.43. The molecule has 0 fully saturated rings. The van der Waals surface area contributed by atoms with E-state index < -0.39 is 0 Å². The quantitative estimate of drug-likeness (QED) is 0.737. The first-order valence-electron chi connectivity index (χ1n) is 6.70. The summed E-state index contributed by atoms with van der Waals surface area (Å²) in [6.07, 6.45) is 1.64. The Morgan fingerprint density at radius 2 is 1.90 bits per heavy atom. The molecule has 0 atom stereocenters. The minimum Gasteiger partial charge on any atom is -0.365 e. The maximum Gasteiger partial charge on any atom is 0.330 e. The summed E-state index contributed by atoms with van der Waals surface area (Å²) in [5.74, 6) is 0. The van der Waals surface area contributed by atoms with Gasteiger partial charge in [-0.15, -0.1) is 0 Å². The van der Waals surface area contributed by atoms with Crippen LogP contribution < -0.4 is 16.1 Å². The van der Waals surface area contributed by atoms with Gasteiger partial charge >= 0.3 is 5.69 Å². The van der Waals surface area contributed by atoms with Crippen LogP contribution in [-0.4, -0.2) is 16.2 Å². The largest absolute Gasteiger partial charge is 0.365 e. The molecule has 0 N–H and O–H groups in total. The molecule has 0 unspecified atom stereocenters. The van der Waals surface area contributed by atoms with E-state index in [2.05, 4.69) is 22.6 Å². The van der Waals surface area contributed by atoms with Crippen LogP contribution in [0, 0.1) is 3.57 Å². The number of hydrogen-bond donors (Lipinski definition) is 0. The molecule has 0 amide bonds. The van der Waals surface area contributed by atoms with E-state index in [0.29, 0.717) is 18.8 Å². The Morgan fingerprint density at radius 3 is 2.52 bits per heavy atom. The topological polar surface area (TPSA) is 47.2 Å². The number of hydrogen-bond acceptors (Lipinski definition) is 3. The summed E-state index contributed by atoms with van der Waals surface area (Å²) >= 11 is 2.28. The first-order valence-corrected chi connectivity index (χ1v) is 7.78. The molecule has 1 aromatic heterocycles. The van der Waals surface area contributed by atoms with Gasteiger partial charge in [-0.1, -0.05) is 18.2 Å². The Bertz CT molecular complexity index is 764. The predicted octanol–water partition coefficient (Wildman–Crippen LogP) is 1.81. The van der Waals surface area contributed by atoms with E-state index in [1.165, 1.54) is 7.05 Å². The van der Waals surface area contributed by atoms with Gasteiger partial charge in [0.2, 0.25) is 0 Å². The maximum absolute atomic E-state index is 12.3. The van der Waals surface area contributed by atoms with Gasteiger partial charge in [-0.05, 0) is 41.1 Å². The summed E-state index contributed by atoms with van der Waals surface area (Å²) in [4.78, 5) is 26.1. The van der Waals surface area contributed by atoms with Crippen molar-refractivity contribution in [1.29, 1.82) is 0 Å². The number of nitrogens with zero attached hydrogens (tertiary/aromatic N) is 3. The zero-order valence-electron chi connectivity index (χ0n) is 12.3. The van der Waals surface area contributed by atoms with E-state index in [0.717, 1.165) is 13.7 Å². The second kappa shape index (κ2) is 6.46. The van der Waals surface area contributed by atoms with Gasteiger partial charge in [0.05, 0.1) is 0 Å². The lowest BCUT2D eigenvalue weighted by molar-refractivity contribution is 0.625. The van der Waals surface area contributed by atoms with Gasteiger partial charge in [0.15, 0.2) is 0 Å². The molecule has 2 rings (SSSR count). The van der Waals surface area contributed by atoms with Gasteiger partial charge in [-0.25, -0.2) is 4.79 Å². The first kappa shape index (κ1) is 15.8. The first-order chi connectivity index (χ1) is 9.95. The highest BCUT2D eigenvalue weighted by Gasteiger charge is 2.13. The standard InChI is InChI=1S/C15H18IN3O2/c1-4-19-10-13(14(20)18(3)15(19)21)17(2)9-11-7-5-6-8-12(11)16/h5-8,10H,4,9H2,1-3H3. The molecule has 5 nitrogen and oxygen atoms in total. The van der Waals surface area contributed by atoms with Crippen molar-refractivity contribution >= 4 is 28.3 Å². The molecule has 0 radical (unpaired) electrons. The van der Waals surface area contributed by atoms with Gasteiger partial charge in [-0.2, -0.15) is 0 Å². The molecule has 0 bridgehead atoms. The minimum absolute atomic E-state index is 0.266. The lowest BCUT2D eigenvalue weighted by atomic mass is 10.2. The summed E-state index contributed by atoms with van der Waals surface area (Å²) < 4.78 is 3.86. The van der Waals surface area contributed by atoms with Crippen molar-refractivity contribution in [3.8, 4) is 0 Å². The van der Waals surface area contributed by atoms with Gasteiger partial charge in [0.25, 0.3) is 5.56 Å². The minimum atomic E-state index is -0.283. The van der Waals surface area contributed by atoms with E-state index in [4.69, 9.17) is 0 Å². The van der Waals surface area contributed by atoms with Crippen LogP contribution in [0.2, 0.25) is 0 Å². The molecule has 6 heteroatoms. The smallest absolute Gasteiger partial charge is 0.330 e. The summed E-state index contributed by atoms with van der Waals surface area (Å²) in [5.41, 5.74) is 1.13. The van der Waals surface area contributed by atoms with Crippen LogP contribution in [0.4, 0.5) is 5.69 Å². The molecule has 0 saturated carbocycles. The lowest BCUT2D eigenvalue weighted by Crippen LogP contribution is -2.40. The van der Waals surface area contributed by atoms with Gasteiger partial charge in [0.1, 0.15) is 5.69 Å². The number of halogens is 1. The summed E-state index contributed by atoms with van der Waals surface area (Å²) in [6, 6.07) is 8.05. The third-order valence-corrected chi connectivity index (χ3v) is 4.50. The second-order valence-corrected chi connectivity index (χ2v) is 6.06. The molecule has 21 heavy (non-hydrogen) atoms. The Labute approximate surface area is 137 Å². The van der Waals surface area contributed by atoms with Crippen molar-refractivity contribution < 1.29 is 0 Å². The Kier molecular flexibility index (Phi) is 4.87. The van der Waals surface area contributed by atoms with E-state index >= 15 is 0 Å². The van der Waals surface area contributed by atoms with Crippen molar-refractivity contribution in [1.82, 2.24) is 9.13 Å². The summed E-state index contributed by atoms with van der Waals surface area (Å²) in [5, 5.41) is 0. The lowest BCUT2D eigenvalue weighted by Gasteiger charge is -2.21. The van der Waals surface area contributed by atoms with Gasteiger partial charge in [0, 0.05) is 37.0 Å². The van der Waals surface area contributed by atoms with Crippen LogP contribution in [0.1, 0.15) is 12.5 Å². The van der Waals surface area contributed by atoms with Crippen LogP contribution in [0.3, 0.4) is 0 Å². The second-order valence-electron chi connectivity index (χ2n) is 4.89. The van der Waals surface area contributed by atoms with Crippen LogP contribution >= 0.6 is 22.6 Å². The fourth-order valence-electron chi connectivity index (χ4n) is 2.17. The zero-order chi connectivity index (χ0) is 15.6. The molecular formula is C15H18IN3O2. The van der Waals surface area contributed by atoms with Crippen LogP contribution in [0.15, 0.2) is 40.1 Å². The van der Waals surface area contributed by atoms with Crippen LogP contribution in [-0.2, 0) is 20.1 Å². The molecule has 0 saturated heterocycles. The number of aryl methyl sites for hydroxylation is 1. The van der Waals surface area contributed by atoms with E-state index in [-0.39, 0.29) is 11.2 Å². The van der Waals surface area contributed by atoms with E-state index in [9.17, 15) is 9.59 Å².